The number of nitrogens with two attached hydrogens (primary N) is 1. The summed E-state index contributed by atoms with van der Waals surface area (Å²) in [6.45, 7) is 0. The molecule has 2 N–H and O–H groups in total. The highest BCUT2D eigenvalue weighted by atomic mass is 19.4. The third-order valence-corrected chi connectivity index (χ3v) is 2.18. The second kappa shape index (κ2) is 4.62. The average Bonchev–Trinajstić information content (AvgIpc) is 2.25. The van der Waals surface area contributed by atoms with Crippen molar-refractivity contribution in [2.75, 3.05) is 19.9 Å². The number of nitrogen functional groups attached to an aromatic ring is 1. The first kappa shape index (κ1) is 13.3. The van der Waals surface area contributed by atoms with Crippen LogP contribution in [0.15, 0.2) is 18.2 Å². The lowest BCUT2D eigenvalue weighted by molar-refractivity contribution is -0.138. The largest absolute Gasteiger partial charge is 0.417 e. The number of alkyl halides is 3. The Morgan fingerprint density at radius 2 is 2.00 bits per heavy atom. The van der Waals surface area contributed by atoms with E-state index in [2.05, 4.69) is 4.84 Å². The molecule has 17 heavy (non-hydrogen) atoms. The molecule has 1 rings (SSSR count). The average molecular weight is 248 g/mol. The number of nitrogens with zero attached hydrogens (tertiary/aromatic N) is 1. The SMILES string of the molecule is CON(C)C(=O)c1c(N)cccc1C(F)(F)F. The topological polar surface area (TPSA) is 55.6 Å². The van der Waals surface area contributed by atoms with Crippen LogP contribution in [-0.2, 0) is 11.0 Å². The Labute approximate surface area is 95.7 Å². The van der Waals surface area contributed by atoms with Gasteiger partial charge in [-0.3, -0.25) is 9.63 Å². The van der Waals surface area contributed by atoms with Crippen LogP contribution in [0.5, 0.6) is 0 Å². The Balaban J connectivity index is 3.36. The third-order valence-electron chi connectivity index (χ3n) is 2.18. The van der Waals surface area contributed by atoms with Crippen molar-refractivity contribution in [1.29, 1.82) is 0 Å². The van der Waals surface area contributed by atoms with Gasteiger partial charge in [-0.25, -0.2) is 5.06 Å². The van der Waals surface area contributed by atoms with Gasteiger partial charge in [0.15, 0.2) is 0 Å². The molecule has 0 bridgehead atoms. The number of amides is 1. The van der Waals surface area contributed by atoms with Crippen LogP contribution in [0.4, 0.5) is 18.9 Å². The highest BCUT2D eigenvalue weighted by Crippen LogP contribution is 2.34. The second-order valence-electron chi connectivity index (χ2n) is 3.25. The van der Waals surface area contributed by atoms with Crippen LogP contribution in [0.2, 0.25) is 0 Å². The van der Waals surface area contributed by atoms with Crippen LogP contribution in [0.1, 0.15) is 15.9 Å². The number of hydrogen-bond acceptors (Lipinski definition) is 3. The Bertz CT molecular complexity index is 432. The molecule has 0 unspecified atom stereocenters. The van der Waals surface area contributed by atoms with Gasteiger partial charge < -0.3 is 5.73 Å². The molecule has 0 heterocycles. The smallest absolute Gasteiger partial charge is 0.398 e. The fourth-order valence-corrected chi connectivity index (χ4v) is 1.29. The lowest BCUT2D eigenvalue weighted by Crippen LogP contribution is -2.28. The molecule has 94 valence electrons. The van der Waals surface area contributed by atoms with Gasteiger partial charge in [0.2, 0.25) is 0 Å². The summed E-state index contributed by atoms with van der Waals surface area (Å²) in [4.78, 5) is 16.2. The normalized spacial score (nSPS) is 11.4. The highest BCUT2D eigenvalue weighted by Gasteiger charge is 2.37. The van der Waals surface area contributed by atoms with Gasteiger partial charge in [-0.05, 0) is 12.1 Å². The highest BCUT2D eigenvalue weighted by molar-refractivity contribution is 6.00. The fourth-order valence-electron chi connectivity index (χ4n) is 1.29. The summed E-state index contributed by atoms with van der Waals surface area (Å²) in [5.41, 5.74) is 3.48. The van der Waals surface area contributed by atoms with Gasteiger partial charge >= 0.3 is 6.18 Å². The molecule has 0 saturated heterocycles. The van der Waals surface area contributed by atoms with Crippen LogP contribution in [0.3, 0.4) is 0 Å². The quantitative estimate of drug-likeness (QED) is 0.642. The Morgan fingerprint density at radius 3 is 2.47 bits per heavy atom. The predicted octanol–water partition coefficient (Wildman–Crippen LogP) is 1.92. The Morgan fingerprint density at radius 1 is 1.41 bits per heavy atom. The molecule has 0 radical (unpaired) electrons. The Hall–Kier alpha value is -1.76. The third kappa shape index (κ3) is 2.68. The minimum absolute atomic E-state index is 0.242. The van der Waals surface area contributed by atoms with Crippen molar-refractivity contribution in [3.8, 4) is 0 Å². The van der Waals surface area contributed by atoms with E-state index < -0.39 is 23.2 Å². The minimum Gasteiger partial charge on any atom is -0.398 e. The van der Waals surface area contributed by atoms with Gasteiger partial charge in [-0.15, -0.1) is 0 Å². The monoisotopic (exact) mass is 248 g/mol. The first-order valence-electron chi connectivity index (χ1n) is 4.57. The summed E-state index contributed by atoms with van der Waals surface area (Å²) in [6, 6.07) is 3.17. The van der Waals surface area contributed by atoms with E-state index in [9.17, 15) is 18.0 Å². The van der Waals surface area contributed by atoms with Crippen molar-refractivity contribution >= 4 is 11.6 Å². The van der Waals surface area contributed by atoms with E-state index >= 15 is 0 Å². The van der Waals surface area contributed by atoms with Gasteiger partial charge in [0.25, 0.3) is 5.91 Å². The van der Waals surface area contributed by atoms with Gasteiger partial charge in [0.1, 0.15) is 0 Å². The van der Waals surface area contributed by atoms with Crippen molar-refractivity contribution in [2.24, 2.45) is 0 Å². The maximum atomic E-state index is 12.7. The summed E-state index contributed by atoms with van der Waals surface area (Å²) >= 11 is 0. The second-order valence-corrected chi connectivity index (χ2v) is 3.25. The van der Waals surface area contributed by atoms with Crippen LogP contribution in [-0.4, -0.2) is 25.1 Å². The Kier molecular flexibility index (Phi) is 3.62. The molecule has 1 amide bonds. The van der Waals surface area contributed by atoms with Crippen LogP contribution in [0, 0.1) is 0 Å². The molecule has 0 spiro atoms. The number of carbonyl (C=O) groups excluding carboxylic acids is 1. The number of hydroxylamine groups is 2. The summed E-state index contributed by atoms with van der Waals surface area (Å²) in [7, 11) is 2.37. The van der Waals surface area contributed by atoms with Crippen LogP contribution in [0.25, 0.3) is 0 Å². The lowest BCUT2D eigenvalue weighted by Gasteiger charge is -2.18. The maximum Gasteiger partial charge on any atom is 0.417 e. The van der Waals surface area contributed by atoms with Gasteiger partial charge in [0, 0.05) is 12.7 Å². The molecular formula is C10H11F3N2O2. The van der Waals surface area contributed by atoms with Crippen molar-refractivity contribution in [3.63, 3.8) is 0 Å². The first-order chi connectivity index (χ1) is 7.79. The first-order valence-corrected chi connectivity index (χ1v) is 4.57. The van der Waals surface area contributed by atoms with Crippen LogP contribution < -0.4 is 5.73 Å². The molecule has 7 heteroatoms. The standard InChI is InChI=1S/C10H11F3N2O2/c1-15(17-2)9(16)8-6(10(11,12)13)4-3-5-7(8)14/h3-5H,14H2,1-2H3. The lowest BCUT2D eigenvalue weighted by atomic mass is 10.0. The number of rotatable bonds is 2. The van der Waals surface area contributed by atoms with Crippen molar-refractivity contribution < 1.29 is 22.8 Å². The molecule has 1 aromatic carbocycles. The zero-order valence-corrected chi connectivity index (χ0v) is 9.21. The van der Waals surface area contributed by atoms with E-state index in [0.717, 1.165) is 12.1 Å². The summed E-state index contributed by atoms with van der Waals surface area (Å²) in [5, 5.41) is 0.681. The summed E-state index contributed by atoms with van der Waals surface area (Å²) < 4.78 is 38.1. The summed E-state index contributed by atoms with van der Waals surface area (Å²) in [6.07, 6.45) is -4.64. The number of anilines is 1. The maximum absolute atomic E-state index is 12.7. The zero-order chi connectivity index (χ0) is 13.2. The van der Waals surface area contributed by atoms with Crippen molar-refractivity contribution in [3.05, 3.63) is 29.3 Å². The van der Waals surface area contributed by atoms with E-state index in [-0.39, 0.29) is 5.69 Å². The molecule has 0 aliphatic carbocycles. The van der Waals surface area contributed by atoms with Gasteiger partial charge in [0.05, 0.1) is 18.2 Å². The molecule has 0 aliphatic heterocycles. The molecule has 0 aromatic heterocycles. The predicted molar refractivity (Wildman–Crippen MR) is 55.0 cm³/mol. The van der Waals surface area contributed by atoms with E-state index in [4.69, 9.17) is 5.73 Å². The molecule has 0 aliphatic rings. The number of carbonyl (C=O) groups is 1. The molecule has 4 nitrogen and oxygen atoms in total. The number of halogens is 3. The molecule has 0 atom stereocenters. The minimum atomic E-state index is -4.64. The van der Waals surface area contributed by atoms with Crippen molar-refractivity contribution in [1.82, 2.24) is 5.06 Å². The molecular weight excluding hydrogens is 237 g/mol. The van der Waals surface area contributed by atoms with Crippen LogP contribution >= 0.6 is 0 Å². The molecule has 0 saturated carbocycles. The number of hydrogen-bond donors (Lipinski definition) is 1. The zero-order valence-electron chi connectivity index (χ0n) is 9.21. The van der Waals surface area contributed by atoms with Gasteiger partial charge in [-0.2, -0.15) is 13.2 Å². The van der Waals surface area contributed by atoms with Crippen molar-refractivity contribution in [2.45, 2.75) is 6.18 Å². The molecule has 0 fully saturated rings. The fraction of sp³-hybridized carbons (Fsp3) is 0.300. The van der Waals surface area contributed by atoms with E-state index in [1.807, 2.05) is 0 Å². The van der Waals surface area contributed by atoms with E-state index in [0.29, 0.717) is 5.06 Å². The van der Waals surface area contributed by atoms with Gasteiger partial charge in [-0.1, -0.05) is 6.07 Å². The van der Waals surface area contributed by atoms with E-state index in [1.54, 1.807) is 0 Å². The summed E-state index contributed by atoms with van der Waals surface area (Å²) in [5.74, 6) is -0.946. The van der Waals surface area contributed by atoms with E-state index in [1.165, 1.54) is 20.2 Å². The molecule has 1 aromatic rings. The number of benzene rings is 1.